The highest BCUT2D eigenvalue weighted by atomic mass is 16.1. The van der Waals surface area contributed by atoms with Crippen LogP contribution in [0.15, 0.2) is 29.4 Å². The minimum absolute atomic E-state index is 0.380. The fraction of sp³-hybridized carbons (Fsp3) is 0.529. The summed E-state index contributed by atoms with van der Waals surface area (Å²) in [4.78, 5) is 12.8. The third-order valence-electron chi connectivity index (χ3n) is 3.87. The van der Waals surface area contributed by atoms with Crippen molar-refractivity contribution in [3.63, 3.8) is 0 Å². The number of rotatable bonds is 9. The van der Waals surface area contributed by atoms with Crippen molar-refractivity contribution in [3.05, 3.63) is 29.8 Å². The average molecular weight is 287 g/mol. The van der Waals surface area contributed by atoms with Gasteiger partial charge in [0.15, 0.2) is 12.5 Å². The Kier molecular flexibility index (Phi) is 6.25. The molecule has 1 aliphatic rings. The van der Waals surface area contributed by atoms with Gasteiger partial charge in [0, 0.05) is 5.69 Å². The molecule has 0 saturated heterocycles. The van der Waals surface area contributed by atoms with Crippen LogP contribution in [0.25, 0.3) is 0 Å². The maximum Gasteiger partial charge on any atom is 0.176 e. The molecule has 2 rings (SSSR count). The summed E-state index contributed by atoms with van der Waals surface area (Å²) in [7, 11) is 0. The van der Waals surface area contributed by atoms with E-state index in [1.165, 1.54) is 44.1 Å². The van der Waals surface area contributed by atoms with Gasteiger partial charge in [-0.1, -0.05) is 51.2 Å². The molecule has 1 heterocycles. The molecule has 1 aliphatic heterocycles. The summed E-state index contributed by atoms with van der Waals surface area (Å²) in [6.07, 6.45) is 11.2. The number of hydrogen-bond acceptors (Lipinski definition) is 4. The third kappa shape index (κ3) is 4.59. The monoisotopic (exact) mass is 287 g/mol. The Morgan fingerprint density at radius 3 is 2.57 bits per heavy atom. The maximum atomic E-state index is 10.9. The van der Waals surface area contributed by atoms with E-state index in [9.17, 15) is 4.79 Å². The lowest BCUT2D eigenvalue weighted by Gasteiger charge is -2.19. The molecule has 0 aromatic heterocycles. The predicted molar refractivity (Wildman–Crippen MR) is 87.5 cm³/mol. The van der Waals surface area contributed by atoms with E-state index >= 15 is 0 Å². The van der Waals surface area contributed by atoms with Crippen molar-refractivity contribution in [2.45, 2.75) is 58.0 Å². The molecule has 0 saturated carbocycles. The van der Waals surface area contributed by atoms with E-state index < -0.39 is 0 Å². The Hall–Kier alpha value is -1.84. The van der Waals surface area contributed by atoms with Gasteiger partial charge in [0.1, 0.15) is 6.34 Å². The second kappa shape index (κ2) is 8.45. The number of unbranched alkanes of at least 4 members (excludes halogenated alkanes) is 5. The molecular formula is C17H25N3O. The van der Waals surface area contributed by atoms with E-state index in [4.69, 9.17) is 0 Å². The van der Waals surface area contributed by atoms with Crippen LogP contribution in [-0.2, 0) is 11.2 Å². The van der Waals surface area contributed by atoms with Gasteiger partial charge in [0.25, 0.3) is 0 Å². The molecule has 4 heteroatoms. The van der Waals surface area contributed by atoms with E-state index in [1.54, 1.807) is 6.34 Å². The number of hydrazone groups is 1. The molecule has 1 aromatic rings. The standard InChI is InChI=1S/C17H25N3O/c1-2-3-4-5-6-7-8-15-9-11-16(12-10-15)20-14-18-19-17(20)13-21/h9-14,17,19H,2-8H2,1H3. The largest absolute Gasteiger partial charge is 0.302 e. The molecule has 0 amide bonds. The first-order valence-corrected chi connectivity index (χ1v) is 7.96. The molecule has 1 aromatic carbocycles. The lowest BCUT2D eigenvalue weighted by Crippen LogP contribution is -2.38. The number of carbonyl (C=O) groups is 1. The Bertz CT molecular complexity index is 456. The first-order chi connectivity index (χ1) is 10.3. The van der Waals surface area contributed by atoms with Crippen LogP contribution in [-0.4, -0.2) is 18.8 Å². The summed E-state index contributed by atoms with van der Waals surface area (Å²) < 4.78 is 0. The van der Waals surface area contributed by atoms with Crippen molar-refractivity contribution in [1.29, 1.82) is 0 Å². The van der Waals surface area contributed by atoms with Gasteiger partial charge in [-0.2, -0.15) is 5.10 Å². The van der Waals surface area contributed by atoms with Crippen LogP contribution in [0.2, 0.25) is 0 Å². The van der Waals surface area contributed by atoms with Gasteiger partial charge in [0.2, 0.25) is 0 Å². The van der Waals surface area contributed by atoms with Gasteiger partial charge >= 0.3 is 0 Å². The molecular weight excluding hydrogens is 262 g/mol. The van der Waals surface area contributed by atoms with Crippen LogP contribution in [0.3, 0.4) is 0 Å². The zero-order valence-electron chi connectivity index (χ0n) is 12.8. The summed E-state index contributed by atoms with van der Waals surface area (Å²) in [5, 5.41) is 3.92. The van der Waals surface area contributed by atoms with E-state index in [2.05, 4.69) is 41.7 Å². The first kappa shape index (κ1) is 15.5. The molecule has 0 fully saturated rings. The molecule has 0 aliphatic carbocycles. The maximum absolute atomic E-state index is 10.9. The van der Waals surface area contributed by atoms with Crippen molar-refractivity contribution in [1.82, 2.24) is 5.43 Å². The second-order valence-corrected chi connectivity index (χ2v) is 5.55. The zero-order chi connectivity index (χ0) is 14.9. The van der Waals surface area contributed by atoms with Crippen LogP contribution in [0.1, 0.15) is 51.0 Å². The normalized spacial score (nSPS) is 17.0. The molecule has 1 atom stereocenters. The minimum atomic E-state index is -0.380. The summed E-state index contributed by atoms with van der Waals surface area (Å²) in [6.45, 7) is 2.25. The zero-order valence-corrected chi connectivity index (χ0v) is 12.8. The molecule has 1 unspecified atom stereocenters. The van der Waals surface area contributed by atoms with Gasteiger partial charge in [-0.25, -0.2) is 0 Å². The van der Waals surface area contributed by atoms with Gasteiger partial charge in [-0.3, -0.25) is 10.2 Å². The number of carbonyl (C=O) groups excluding carboxylic acids is 1. The van der Waals surface area contributed by atoms with Crippen LogP contribution in [0.4, 0.5) is 5.69 Å². The van der Waals surface area contributed by atoms with Crippen LogP contribution in [0.5, 0.6) is 0 Å². The summed E-state index contributed by atoms with van der Waals surface area (Å²) in [5.74, 6) is 0. The van der Waals surface area contributed by atoms with E-state index in [0.29, 0.717) is 0 Å². The average Bonchev–Trinajstić information content (AvgIpc) is 3.00. The topological polar surface area (TPSA) is 44.7 Å². The number of nitrogens with zero attached hydrogens (tertiary/aromatic N) is 2. The van der Waals surface area contributed by atoms with Crippen LogP contribution < -0.4 is 10.3 Å². The molecule has 0 radical (unpaired) electrons. The number of aryl methyl sites for hydroxylation is 1. The lowest BCUT2D eigenvalue weighted by atomic mass is 10.0. The van der Waals surface area contributed by atoms with Crippen molar-refractivity contribution in [2.24, 2.45) is 5.10 Å². The third-order valence-corrected chi connectivity index (χ3v) is 3.87. The predicted octanol–water partition coefficient (Wildman–Crippen LogP) is 3.47. The molecule has 1 N–H and O–H groups in total. The highest BCUT2D eigenvalue weighted by Crippen LogP contribution is 2.18. The number of nitrogens with one attached hydrogen (secondary N) is 1. The molecule has 0 bridgehead atoms. The number of benzene rings is 1. The van der Waals surface area contributed by atoms with Gasteiger partial charge in [-0.15, -0.1) is 0 Å². The fourth-order valence-corrected chi connectivity index (χ4v) is 2.57. The molecule has 114 valence electrons. The van der Waals surface area contributed by atoms with Crippen molar-refractivity contribution < 1.29 is 4.79 Å². The lowest BCUT2D eigenvalue weighted by molar-refractivity contribution is -0.109. The second-order valence-electron chi connectivity index (χ2n) is 5.55. The van der Waals surface area contributed by atoms with Crippen LogP contribution in [0, 0.1) is 0 Å². The van der Waals surface area contributed by atoms with E-state index in [1.807, 2.05) is 4.90 Å². The van der Waals surface area contributed by atoms with Crippen LogP contribution >= 0.6 is 0 Å². The molecule has 21 heavy (non-hydrogen) atoms. The SMILES string of the molecule is CCCCCCCCc1ccc(N2C=NNC2C=O)cc1. The van der Waals surface area contributed by atoms with E-state index in [-0.39, 0.29) is 6.17 Å². The summed E-state index contributed by atoms with van der Waals surface area (Å²) in [6, 6.07) is 8.41. The Balaban J connectivity index is 1.77. The van der Waals surface area contributed by atoms with Crippen molar-refractivity contribution >= 4 is 18.3 Å². The van der Waals surface area contributed by atoms with Gasteiger partial charge < -0.3 is 4.90 Å². The highest BCUT2D eigenvalue weighted by Gasteiger charge is 2.20. The number of aldehydes is 1. The number of hydrogen-bond donors (Lipinski definition) is 1. The summed E-state index contributed by atoms with van der Waals surface area (Å²) in [5.41, 5.74) is 5.11. The highest BCUT2D eigenvalue weighted by molar-refractivity contribution is 5.87. The quantitative estimate of drug-likeness (QED) is 0.559. The van der Waals surface area contributed by atoms with E-state index in [0.717, 1.165) is 18.4 Å². The minimum Gasteiger partial charge on any atom is -0.302 e. The molecule has 4 nitrogen and oxygen atoms in total. The molecule has 0 spiro atoms. The first-order valence-electron chi connectivity index (χ1n) is 7.96. The van der Waals surface area contributed by atoms with Gasteiger partial charge in [-0.05, 0) is 30.5 Å². The Morgan fingerprint density at radius 1 is 1.14 bits per heavy atom. The fourth-order valence-electron chi connectivity index (χ4n) is 2.57. The van der Waals surface area contributed by atoms with Gasteiger partial charge in [0.05, 0.1) is 0 Å². The van der Waals surface area contributed by atoms with Crippen molar-refractivity contribution in [3.8, 4) is 0 Å². The van der Waals surface area contributed by atoms with Crippen molar-refractivity contribution in [2.75, 3.05) is 4.90 Å². The summed E-state index contributed by atoms with van der Waals surface area (Å²) >= 11 is 0. The number of anilines is 1. The Labute approximate surface area is 127 Å². The Morgan fingerprint density at radius 2 is 1.86 bits per heavy atom. The smallest absolute Gasteiger partial charge is 0.176 e.